The average Bonchev–Trinajstić information content (AvgIpc) is 2.91. The molecule has 10 heteroatoms. The number of carbonyl (C=O) groups is 1. The minimum Gasteiger partial charge on any atom is -0.342 e. The van der Waals surface area contributed by atoms with Crippen molar-refractivity contribution in [3.63, 3.8) is 0 Å². The number of amides is 1. The first-order valence-corrected chi connectivity index (χ1v) is 5.85. The zero-order valence-electron chi connectivity index (χ0n) is 10.2. The summed E-state index contributed by atoms with van der Waals surface area (Å²) in [4.78, 5) is 22.0. The van der Waals surface area contributed by atoms with E-state index in [9.17, 15) is 14.9 Å². The Morgan fingerprint density at radius 3 is 2.85 bits per heavy atom. The number of nitro groups is 1. The third-order valence-electron chi connectivity index (χ3n) is 2.50. The van der Waals surface area contributed by atoms with Crippen LogP contribution in [-0.4, -0.2) is 31.5 Å². The topological polar surface area (TPSA) is 127 Å². The van der Waals surface area contributed by atoms with Gasteiger partial charge in [0, 0.05) is 11.6 Å². The van der Waals surface area contributed by atoms with Gasteiger partial charge in [-0.15, -0.1) is 10.2 Å². The predicted molar refractivity (Wildman–Crippen MR) is 68.2 cm³/mol. The van der Waals surface area contributed by atoms with E-state index in [-0.39, 0.29) is 16.3 Å². The summed E-state index contributed by atoms with van der Waals surface area (Å²) >= 11 is 5.74. The Bertz CT molecular complexity index is 644. The van der Waals surface area contributed by atoms with E-state index in [0.29, 0.717) is 5.82 Å². The van der Waals surface area contributed by atoms with Crippen molar-refractivity contribution in [3.8, 4) is 0 Å². The van der Waals surface area contributed by atoms with Crippen LogP contribution in [0.5, 0.6) is 0 Å². The zero-order valence-corrected chi connectivity index (χ0v) is 11.0. The maximum absolute atomic E-state index is 12.0. The summed E-state index contributed by atoms with van der Waals surface area (Å²) in [6.45, 7) is 1.68. The van der Waals surface area contributed by atoms with Gasteiger partial charge in [-0.1, -0.05) is 16.8 Å². The number of carbonyl (C=O) groups excluding carboxylic acids is 1. The predicted octanol–water partition coefficient (Wildman–Crippen LogP) is 1.25. The van der Waals surface area contributed by atoms with Crippen molar-refractivity contribution >= 4 is 23.2 Å². The number of nitro benzene ring substituents is 1. The molecule has 2 rings (SSSR count). The summed E-state index contributed by atoms with van der Waals surface area (Å²) in [5.41, 5.74) is -0.0506. The highest BCUT2D eigenvalue weighted by atomic mass is 35.5. The molecule has 104 valence electrons. The van der Waals surface area contributed by atoms with Crippen LogP contribution in [0.4, 0.5) is 5.69 Å². The number of H-pyrrole nitrogens is 1. The number of aromatic nitrogens is 4. The van der Waals surface area contributed by atoms with E-state index >= 15 is 0 Å². The molecule has 20 heavy (non-hydrogen) atoms. The summed E-state index contributed by atoms with van der Waals surface area (Å²) in [6, 6.07) is 3.27. The fourth-order valence-corrected chi connectivity index (χ4v) is 1.74. The number of tetrazole rings is 1. The molecule has 0 aliphatic carbocycles. The highest BCUT2D eigenvalue weighted by Crippen LogP contribution is 2.25. The zero-order chi connectivity index (χ0) is 14.7. The van der Waals surface area contributed by atoms with Gasteiger partial charge in [-0.2, -0.15) is 5.21 Å². The number of benzene rings is 1. The first kappa shape index (κ1) is 13.9. The Hall–Kier alpha value is -2.55. The third-order valence-corrected chi connectivity index (χ3v) is 2.81. The molecule has 1 aromatic heterocycles. The molecule has 0 bridgehead atoms. The van der Waals surface area contributed by atoms with Crippen LogP contribution in [0, 0.1) is 10.1 Å². The van der Waals surface area contributed by atoms with Crippen LogP contribution < -0.4 is 5.32 Å². The monoisotopic (exact) mass is 296 g/mol. The highest BCUT2D eigenvalue weighted by Gasteiger charge is 2.18. The number of hydrogen-bond donors (Lipinski definition) is 2. The van der Waals surface area contributed by atoms with Crippen LogP contribution >= 0.6 is 11.6 Å². The molecular formula is C10H9ClN6O3. The molecule has 0 saturated heterocycles. The van der Waals surface area contributed by atoms with Crippen LogP contribution in [0.15, 0.2) is 18.2 Å². The van der Waals surface area contributed by atoms with Crippen molar-refractivity contribution in [1.29, 1.82) is 0 Å². The van der Waals surface area contributed by atoms with E-state index in [1.165, 1.54) is 18.2 Å². The van der Waals surface area contributed by atoms with Crippen molar-refractivity contribution < 1.29 is 9.72 Å². The summed E-state index contributed by atoms with van der Waals surface area (Å²) < 4.78 is 0. The van der Waals surface area contributed by atoms with Gasteiger partial charge >= 0.3 is 0 Å². The average molecular weight is 297 g/mol. The smallest absolute Gasteiger partial charge is 0.287 e. The largest absolute Gasteiger partial charge is 0.342 e. The van der Waals surface area contributed by atoms with Gasteiger partial charge in [0.15, 0.2) is 5.82 Å². The number of aromatic amines is 1. The lowest BCUT2D eigenvalue weighted by Crippen LogP contribution is -2.27. The fourth-order valence-electron chi connectivity index (χ4n) is 1.49. The second-order valence-corrected chi connectivity index (χ2v) is 4.30. The number of hydrogen-bond acceptors (Lipinski definition) is 6. The lowest BCUT2D eigenvalue weighted by Gasteiger charge is -2.10. The second kappa shape index (κ2) is 5.61. The van der Waals surface area contributed by atoms with Crippen LogP contribution in [0.2, 0.25) is 5.02 Å². The summed E-state index contributed by atoms with van der Waals surface area (Å²) in [5.74, 6) is -0.120. The molecule has 2 N–H and O–H groups in total. The van der Waals surface area contributed by atoms with Crippen LogP contribution in [-0.2, 0) is 0 Å². The second-order valence-electron chi connectivity index (χ2n) is 3.89. The van der Waals surface area contributed by atoms with Gasteiger partial charge in [0.25, 0.3) is 11.6 Å². The maximum Gasteiger partial charge on any atom is 0.287 e. The van der Waals surface area contributed by atoms with Crippen LogP contribution in [0.3, 0.4) is 0 Å². The first-order valence-electron chi connectivity index (χ1n) is 5.47. The number of nitrogens with one attached hydrogen (secondary N) is 2. The first-order chi connectivity index (χ1) is 9.49. The molecule has 9 nitrogen and oxygen atoms in total. The Morgan fingerprint density at radius 1 is 1.55 bits per heavy atom. The van der Waals surface area contributed by atoms with Crippen molar-refractivity contribution in [2.45, 2.75) is 13.0 Å². The van der Waals surface area contributed by atoms with E-state index in [1.807, 2.05) is 0 Å². The Morgan fingerprint density at radius 2 is 2.30 bits per heavy atom. The van der Waals surface area contributed by atoms with E-state index in [2.05, 4.69) is 25.9 Å². The van der Waals surface area contributed by atoms with E-state index in [4.69, 9.17) is 11.6 Å². The minimum atomic E-state index is -0.619. The van der Waals surface area contributed by atoms with Gasteiger partial charge in [0.2, 0.25) is 0 Å². The van der Waals surface area contributed by atoms with Crippen LogP contribution in [0.25, 0.3) is 0 Å². The number of rotatable bonds is 4. The molecule has 0 aliphatic heterocycles. The van der Waals surface area contributed by atoms with E-state index in [0.717, 1.165) is 0 Å². The van der Waals surface area contributed by atoms with Crippen molar-refractivity contribution in [2.24, 2.45) is 0 Å². The summed E-state index contributed by atoms with van der Waals surface area (Å²) in [5, 5.41) is 26.3. The normalized spacial score (nSPS) is 11.9. The third kappa shape index (κ3) is 2.88. The van der Waals surface area contributed by atoms with E-state index in [1.54, 1.807) is 6.92 Å². The molecule has 0 saturated carbocycles. The van der Waals surface area contributed by atoms with Gasteiger partial charge < -0.3 is 5.32 Å². The molecule has 0 aliphatic rings. The molecule has 0 spiro atoms. The fraction of sp³-hybridized carbons (Fsp3) is 0.200. The molecule has 2 aromatic rings. The molecule has 0 radical (unpaired) electrons. The van der Waals surface area contributed by atoms with Gasteiger partial charge in [-0.05, 0) is 19.1 Å². The van der Waals surface area contributed by atoms with Gasteiger partial charge in [0.05, 0.1) is 11.0 Å². The lowest BCUT2D eigenvalue weighted by molar-refractivity contribution is -0.384. The quantitative estimate of drug-likeness (QED) is 0.645. The molecule has 1 atom stereocenters. The number of halogens is 1. The summed E-state index contributed by atoms with van der Waals surface area (Å²) in [6.07, 6.45) is 0. The minimum absolute atomic E-state index is 0.102. The van der Waals surface area contributed by atoms with Crippen molar-refractivity contribution in [1.82, 2.24) is 25.9 Å². The highest BCUT2D eigenvalue weighted by molar-refractivity contribution is 6.33. The van der Waals surface area contributed by atoms with E-state index < -0.39 is 16.9 Å². The molecule has 0 fully saturated rings. The molecule has 1 aromatic carbocycles. The van der Waals surface area contributed by atoms with Crippen LogP contribution in [0.1, 0.15) is 29.1 Å². The number of nitrogens with zero attached hydrogens (tertiary/aromatic N) is 4. The molecule has 1 unspecified atom stereocenters. The SMILES string of the molecule is CC(NC(=O)c1ccc([N+](=O)[O-])c(Cl)c1)c1nn[nH]n1. The Balaban J connectivity index is 2.14. The van der Waals surface area contributed by atoms with Gasteiger partial charge in [-0.25, -0.2) is 0 Å². The molecular weight excluding hydrogens is 288 g/mol. The standard InChI is InChI=1S/C10H9ClN6O3/c1-5(9-13-15-16-14-9)12-10(18)6-2-3-8(17(19)20)7(11)4-6/h2-5H,1H3,(H,12,18)(H,13,14,15,16). The summed E-state index contributed by atoms with van der Waals surface area (Å²) in [7, 11) is 0. The van der Waals surface area contributed by atoms with Gasteiger partial charge in [0.1, 0.15) is 5.02 Å². The van der Waals surface area contributed by atoms with Gasteiger partial charge in [-0.3, -0.25) is 14.9 Å². The van der Waals surface area contributed by atoms with Crippen molar-refractivity contribution in [3.05, 3.63) is 44.7 Å². The molecule has 1 heterocycles. The Labute approximate surface area is 117 Å². The lowest BCUT2D eigenvalue weighted by atomic mass is 10.2. The molecule has 1 amide bonds. The Kier molecular flexibility index (Phi) is 3.89. The maximum atomic E-state index is 12.0. The van der Waals surface area contributed by atoms with Crippen molar-refractivity contribution in [2.75, 3.05) is 0 Å².